The van der Waals surface area contributed by atoms with Crippen LogP contribution in [0.25, 0.3) is 27.0 Å². The van der Waals surface area contributed by atoms with E-state index in [0.717, 1.165) is 40.7 Å². The number of benzene rings is 2. The Morgan fingerprint density at radius 1 is 1.08 bits per heavy atom. The van der Waals surface area contributed by atoms with E-state index in [-0.39, 0.29) is 5.91 Å². The molecule has 6 rings (SSSR count). The molecule has 3 heterocycles. The smallest absolute Gasteiger partial charge is 0.222 e. The fourth-order valence-electron chi connectivity index (χ4n) is 5.41. The van der Waals surface area contributed by atoms with Crippen molar-refractivity contribution in [2.75, 3.05) is 6.54 Å². The second-order valence-electron chi connectivity index (χ2n) is 9.90. The quantitative estimate of drug-likeness (QED) is 0.214. The number of furan rings is 1. The first-order chi connectivity index (χ1) is 17.7. The van der Waals surface area contributed by atoms with Crippen LogP contribution in [0.4, 0.5) is 0 Å². The second kappa shape index (κ2) is 10.3. The molecule has 0 aliphatic heterocycles. The molecule has 36 heavy (non-hydrogen) atoms. The first kappa shape index (κ1) is 23.0. The predicted octanol–water partition coefficient (Wildman–Crippen LogP) is 7.35. The van der Waals surface area contributed by atoms with Gasteiger partial charge < -0.3 is 9.32 Å². The highest BCUT2D eigenvalue weighted by molar-refractivity contribution is 7.15. The normalized spacial score (nSPS) is 14.2. The Morgan fingerprint density at radius 3 is 2.78 bits per heavy atom. The third-order valence-corrected chi connectivity index (χ3v) is 8.38. The molecule has 2 aromatic carbocycles. The van der Waals surface area contributed by atoms with Gasteiger partial charge in [-0.05, 0) is 41.3 Å². The molecule has 5 nitrogen and oxygen atoms in total. The summed E-state index contributed by atoms with van der Waals surface area (Å²) in [7, 11) is 0. The highest BCUT2D eigenvalue weighted by Gasteiger charge is 2.21. The first-order valence-corrected chi connectivity index (χ1v) is 13.9. The third-order valence-electron chi connectivity index (χ3n) is 7.49. The Hall–Kier alpha value is -3.38. The number of carbonyl (C=O) groups is 1. The summed E-state index contributed by atoms with van der Waals surface area (Å²) in [6, 6.07) is 18.7. The van der Waals surface area contributed by atoms with Crippen LogP contribution in [0.3, 0.4) is 0 Å². The summed E-state index contributed by atoms with van der Waals surface area (Å²) in [5, 5.41) is 4.62. The van der Waals surface area contributed by atoms with Crippen molar-refractivity contribution >= 4 is 33.0 Å². The Labute approximate surface area is 215 Å². The van der Waals surface area contributed by atoms with E-state index in [0.29, 0.717) is 19.5 Å². The molecule has 5 aromatic rings. The molecule has 6 heteroatoms. The fourth-order valence-corrected chi connectivity index (χ4v) is 6.32. The van der Waals surface area contributed by atoms with Gasteiger partial charge in [-0.3, -0.25) is 9.20 Å². The standard InChI is InChI=1S/C30H31N3O2S/c34-29(14-11-22-6-1-2-7-22)32(19-27-10-5-17-35-27)16-15-26-21-36-30-31-28(20-33(26)30)25-13-12-23-8-3-4-9-24(23)18-25/h3-5,8-10,12-13,17-18,20-22H,1-2,6-7,11,14-16,19H2. The van der Waals surface area contributed by atoms with Crippen LogP contribution >= 0.6 is 11.3 Å². The summed E-state index contributed by atoms with van der Waals surface area (Å²) in [5.41, 5.74) is 3.29. The van der Waals surface area contributed by atoms with Gasteiger partial charge in [0.15, 0.2) is 4.96 Å². The minimum Gasteiger partial charge on any atom is -0.467 e. The van der Waals surface area contributed by atoms with E-state index in [9.17, 15) is 4.79 Å². The zero-order chi connectivity index (χ0) is 24.3. The third kappa shape index (κ3) is 4.96. The van der Waals surface area contributed by atoms with Gasteiger partial charge in [-0.25, -0.2) is 4.98 Å². The van der Waals surface area contributed by atoms with Gasteiger partial charge in [-0.1, -0.05) is 62.1 Å². The van der Waals surface area contributed by atoms with Gasteiger partial charge in [-0.2, -0.15) is 0 Å². The molecule has 184 valence electrons. The summed E-state index contributed by atoms with van der Waals surface area (Å²) in [4.78, 5) is 21.1. The van der Waals surface area contributed by atoms with E-state index in [1.54, 1.807) is 17.6 Å². The molecular weight excluding hydrogens is 466 g/mol. The number of fused-ring (bicyclic) bond motifs is 2. The SMILES string of the molecule is O=C(CCC1CCCC1)N(CCc1csc2nc(-c3ccc4ccccc4c3)cn12)Cc1ccco1. The van der Waals surface area contributed by atoms with Gasteiger partial charge in [0.05, 0.1) is 18.5 Å². The molecule has 0 spiro atoms. The Balaban J connectivity index is 1.18. The molecule has 0 saturated heterocycles. The largest absolute Gasteiger partial charge is 0.467 e. The van der Waals surface area contributed by atoms with Gasteiger partial charge in [0, 0.05) is 42.2 Å². The zero-order valence-electron chi connectivity index (χ0n) is 20.4. The molecule has 0 radical (unpaired) electrons. The van der Waals surface area contributed by atoms with Crippen molar-refractivity contribution in [2.24, 2.45) is 5.92 Å². The van der Waals surface area contributed by atoms with Crippen LogP contribution in [-0.2, 0) is 17.8 Å². The number of amides is 1. The topological polar surface area (TPSA) is 50.8 Å². The summed E-state index contributed by atoms with van der Waals surface area (Å²) in [6.45, 7) is 1.19. The first-order valence-electron chi connectivity index (χ1n) is 13.0. The molecule has 0 atom stereocenters. The van der Waals surface area contributed by atoms with E-state index in [2.05, 4.69) is 58.4 Å². The second-order valence-corrected chi connectivity index (χ2v) is 10.7. The number of imidazole rings is 1. The van der Waals surface area contributed by atoms with E-state index in [1.165, 1.54) is 42.1 Å². The highest BCUT2D eigenvalue weighted by Crippen LogP contribution is 2.29. The fraction of sp³-hybridized carbons (Fsp3) is 0.333. The number of aromatic nitrogens is 2. The van der Waals surface area contributed by atoms with Crippen molar-refractivity contribution in [3.63, 3.8) is 0 Å². The lowest BCUT2D eigenvalue weighted by Gasteiger charge is -2.22. The molecule has 0 unspecified atom stereocenters. The van der Waals surface area contributed by atoms with Crippen LogP contribution < -0.4 is 0 Å². The Morgan fingerprint density at radius 2 is 1.94 bits per heavy atom. The van der Waals surface area contributed by atoms with E-state index < -0.39 is 0 Å². The van der Waals surface area contributed by atoms with E-state index in [4.69, 9.17) is 9.40 Å². The van der Waals surface area contributed by atoms with Crippen molar-refractivity contribution < 1.29 is 9.21 Å². The highest BCUT2D eigenvalue weighted by atomic mass is 32.1. The van der Waals surface area contributed by atoms with Crippen molar-refractivity contribution in [1.82, 2.24) is 14.3 Å². The molecule has 1 aliphatic rings. The number of carbonyl (C=O) groups excluding carboxylic acids is 1. The van der Waals surface area contributed by atoms with Crippen molar-refractivity contribution in [1.29, 1.82) is 0 Å². The van der Waals surface area contributed by atoms with Crippen molar-refractivity contribution in [3.05, 3.63) is 83.9 Å². The minimum atomic E-state index is 0.229. The molecule has 1 amide bonds. The van der Waals surface area contributed by atoms with Crippen LogP contribution in [-0.4, -0.2) is 26.7 Å². The minimum absolute atomic E-state index is 0.229. The number of hydrogen-bond donors (Lipinski definition) is 0. The summed E-state index contributed by atoms with van der Waals surface area (Å²) in [6.07, 6.45) is 11.4. The van der Waals surface area contributed by atoms with Crippen molar-refractivity contribution in [3.8, 4) is 11.3 Å². The van der Waals surface area contributed by atoms with Gasteiger partial charge >= 0.3 is 0 Å². The lowest BCUT2D eigenvalue weighted by Crippen LogP contribution is -2.32. The zero-order valence-corrected chi connectivity index (χ0v) is 21.3. The average Bonchev–Trinajstić information content (AvgIpc) is 3.71. The molecule has 1 saturated carbocycles. The lowest BCUT2D eigenvalue weighted by atomic mass is 10.0. The molecule has 0 N–H and O–H groups in total. The predicted molar refractivity (Wildman–Crippen MR) is 145 cm³/mol. The van der Waals surface area contributed by atoms with E-state index >= 15 is 0 Å². The van der Waals surface area contributed by atoms with Gasteiger partial charge in [0.2, 0.25) is 5.91 Å². The number of nitrogens with zero attached hydrogens (tertiary/aromatic N) is 3. The maximum absolute atomic E-state index is 13.2. The molecular formula is C30H31N3O2S. The molecule has 1 fully saturated rings. The Bertz CT molecular complexity index is 1460. The maximum Gasteiger partial charge on any atom is 0.222 e. The molecule has 3 aromatic heterocycles. The van der Waals surface area contributed by atoms with Gasteiger partial charge in [0.25, 0.3) is 0 Å². The van der Waals surface area contributed by atoms with Crippen LogP contribution in [0, 0.1) is 5.92 Å². The molecule has 0 bridgehead atoms. The Kier molecular flexibility index (Phi) is 6.60. The maximum atomic E-state index is 13.2. The average molecular weight is 498 g/mol. The van der Waals surface area contributed by atoms with Crippen LogP contribution in [0.1, 0.15) is 50.0 Å². The van der Waals surface area contributed by atoms with E-state index in [1.807, 2.05) is 17.0 Å². The monoisotopic (exact) mass is 497 g/mol. The van der Waals surface area contributed by atoms with Gasteiger partial charge in [0.1, 0.15) is 5.76 Å². The van der Waals surface area contributed by atoms with Crippen molar-refractivity contribution in [2.45, 2.75) is 51.5 Å². The summed E-state index contributed by atoms with van der Waals surface area (Å²) >= 11 is 1.66. The lowest BCUT2D eigenvalue weighted by molar-refractivity contribution is -0.132. The number of hydrogen-bond acceptors (Lipinski definition) is 4. The summed E-state index contributed by atoms with van der Waals surface area (Å²) in [5.74, 6) is 1.78. The summed E-state index contributed by atoms with van der Waals surface area (Å²) < 4.78 is 7.76. The number of thiazole rings is 1. The van der Waals surface area contributed by atoms with Gasteiger partial charge in [-0.15, -0.1) is 11.3 Å². The van der Waals surface area contributed by atoms with Crippen LogP contribution in [0.5, 0.6) is 0 Å². The molecule has 1 aliphatic carbocycles. The number of rotatable bonds is 9. The van der Waals surface area contributed by atoms with Crippen LogP contribution in [0.15, 0.2) is 76.9 Å². The van der Waals surface area contributed by atoms with Crippen LogP contribution in [0.2, 0.25) is 0 Å².